The Kier molecular flexibility index (Phi) is 7.91. The molecular weight excluding hydrogens is 447 g/mol. The first-order valence-corrected chi connectivity index (χ1v) is 10.1. The van der Waals surface area contributed by atoms with E-state index in [0.29, 0.717) is 4.75 Å². The quantitative estimate of drug-likeness (QED) is 0.407. The van der Waals surface area contributed by atoms with Crippen LogP contribution in [-0.4, -0.2) is 53.2 Å². The number of aryl methyl sites for hydroxylation is 2. The lowest BCUT2D eigenvalue weighted by atomic mass is 9.87. The molecule has 0 atom stereocenters. The standard InChI is InChI=1S/C18H30N4OS.HI/c1-14-16(15(2)23-21-14)7-10-20-17(19-3)22-11-12-24-18(13-22)8-5-4-6-9-18;/h4-13H2,1-3H3,(H,19,20);1H. The number of aromatic nitrogens is 1. The van der Waals surface area contributed by atoms with Gasteiger partial charge in [-0.3, -0.25) is 4.99 Å². The molecule has 0 unspecified atom stereocenters. The SMILES string of the molecule is CN=C(NCCc1c(C)noc1C)N1CCSC2(CCCCC2)C1.I. The minimum Gasteiger partial charge on any atom is -0.361 e. The van der Waals surface area contributed by atoms with Crippen molar-refractivity contribution in [2.45, 2.75) is 57.1 Å². The topological polar surface area (TPSA) is 53.7 Å². The highest BCUT2D eigenvalue weighted by Gasteiger charge is 2.38. The lowest BCUT2D eigenvalue weighted by Gasteiger charge is -2.45. The Hall–Kier alpha value is -0.440. The third-order valence-corrected chi connectivity index (χ3v) is 6.90. The number of hydrogen-bond donors (Lipinski definition) is 1. The summed E-state index contributed by atoms with van der Waals surface area (Å²) in [6.07, 6.45) is 7.84. The first-order valence-electron chi connectivity index (χ1n) is 9.15. The van der Waals surface area contributed by atoms with Crippen LogP contribution in [0.3, 0.4) is 0 Å². The van der Waals surface area contributed by atoms with Crippen LogP contribution in [0, 0.1) is 13.8 Å². The Labute approximate surface area is 172 Å². The fourth-order valence-corrected chi connectivity index (χ4v) is 5.58. The Balaban J connectivity index is 0.00000225. The van der Waals surface area contributed by atoms with E-state index in [1.54, 1.807) is 0 Å². The van der Waals surface area contributed by atoms with Crippen molar-refractivity contribution in [2.24, 2.45) is 4.99 Å². The van der Waals surface area contributed by atoms with Gasteiger partial charge in [-0.25, -0.2) is 0 Å². The molecule has 1 aromatic rings. The zero-order chi connectivity index (χ0) is 17.0. The van der Waals surface area contributed by atoms with E-state index in [4.69, 9.17) is 4.52 Å². The summed E-state index contributed by atoms with van der Waals surface area (Å²) in [5, 5.41) is 7.59. The monoisotopic (exact) mass is 478 g/mol. The molecule has 1 aliphatic carbocycles. The van der Waals surface area contributed by atoms with Crippen molar-refractivity contribution in [3.05, 3.63) is 17.0 Å². The Morgan fingerprint density at radius 3 is 2.72 bits per heavy atom. The van der Waals surface area contributed by atoms with Crippen molar-refractivity contribution in [1.29, 1.82) is 0 Å². The predicted molar refractivity (Wildman–Crippen MR) is 116 cm³/mol. The number of nitrogens with one attached hydrogen (secondary N) is 1. The molecule has 25 heavy (non-hydrogen) atoms. The number of rotatable bonds is 3. The van der Waals surface area contributed by atoms with Gasteiger partial charge in [0.2, 0.25) is 0 Å². The van der Waals surface area contributed by atoms with Crippen LogP contribution in [-0.2, 0) is 6.42 Å². The minimum atomic E-state index is 0. The van der Waals surface area contributed by atoms with Crippen molar-refractivity contribution < 1.29 is 4.52 Å². The second-order valence-corrected chi connectivity index (χ2v) is 8.60. The molecule has 0 bridgehead atoms. The minimum absolute atomic E-state index is 0. The van der Waals surface area contributed by atoms with Crippen LogP contribution in [0.4, 0.5) is 0 Å². The van der Waals surface area contributed by atoms with Gasteiger partial charge >= 0.3 is 0 Å². The molecule has 0 aromatic carbocycles. The maximum Gasteiger partial charge on any atom is 0.193 e. The Morgan fingerprint density at radius 1 is 1.32 bits per heavy atom. The van der Waals surface area contributed by atoms with E-state index >= 15 is 0 Å². The third-order valence-electron chi connectivity index (χ3n) is 5.36. The van der Waals surface area contributed by atoms with Crippen LogP contribution >= 0.6 is 35.7 Å². The molecule has 1 aliphatic heterocycles. The van der Waals surface area contributed by atoms with E-state index in [-0.39, 0.29) is 24.0 Å². The molecule has 7 heteroatoms. The molecule has 0 radical (unpaired) electrons. The summed E-state index contributed by atoms with van der Waals surface area (Å²) >= 11 is 2.20. The van der Waals surface area contributed by atoms with E-state index in [9.17, 15) is 0 Å². The van der Waals surface area contributed by atoms with Crippen LogP contribution in [0.1, 0.15) is 49.1 Å². The summed E-state index contributed by atoms with van der Waals surface area (Å²) < 4.78 is 5.72. The lowest BCUT2D eigenvalue weighted by Crippen LogP contribution is -2.53. The van der Waals surface area contributed by atoms with Gasteiger partial charge in [-0.05, 0) is 33.1 Å². The zero-order valence-corrected chi connectivity index (χ0v) is 18.8. The van der Waals surface area contributed by atoms with E-state index < -0.39 is 0 Å². The van der Waals surface area contributed by atoms with Gasteiger partial charge < -0.3 is 14.7 Å². The fraction of sp³-hybridized carbons (Fsp3) is 0.778. The third kappa shape index (κ3) is 5.05. The number of thioether (sulfide) groups is 1. The van der Waals surface area contributed by atoms with E-state index in [2.05, 4.69) is 32.1 Å². The molecule has 2 fully saturated rings. The summed E-state index contributed by atoms with van der Waals surface area (Å²) in [4.78, 5) is 7.00. The average Bonchev–Trinajstić information content (AvgIpc) is 2.91. The maximum atomic E-state index is 5.25. The molecule has 5 nitrogen and oxygen atoms in total. The van der Waals surface area contributed by atoms with Gasteiger partial charge in [0.15, 0.2) is 5.96 Å². The molecular formula is C18H31IN4OS. The molecule has 0 amide bonds. The van der Waals surface area contributed by atoms with Crippen LogP contribution in [0.15, 0.2) is 9.52 Å². The van der Waals surface area contributed by atoms with Gasteiger partial charge in [-0.2, -0.15) is 11.8 Å². The second-order valence-electron chi connectivity index (χ2n) is 7.04. The fourth-order valence-electron chi connectivity index (χ4n) is 4.01. The highest BCUT2D eigenvalue weighted by atomic mass is 127. The molecule has 1 saturated carbocycles. The molecule has 1 spiro atoms. The van der Waals surface area contributed by atoms with Crippen molar-refractivity contribution in [3.63, 3.8) is 0 Å². The van der Waals surface area contributed by atoms with E-state index in [0.717, 1.165) is 43.5 Å². The summed E-state index contributed by atoms with van der Waals surface area (Å²) in [5.41, 5.74) is 2.22. The van der Waals surface area contributed by atoms with Gasteiger partial charge in [-0.15, -0.1) is 24.0 Å². The molecule has 1 aromatic heterocycles. The smallest absolute Gasteiger partial charge is 0.193 e. The summed E-state index contributed by atoms with van der Waals surface area (Å²) in [6, 6.07) is 0. The van der Waals surface area contributed by atoms with Crippen LogP contribution < -0.4 is 5.32 Å². The Morgan fingerprint density at radius 2 is 2.08 bits per heavy atom. The van der Waals surface area contributed by atoms with Crippen molar-refractivity contribution in [2.75, 3.05) is 32.4 Å². The number of guanidine groups is 1. The van der Waals surface area contributed by atoms with E-state index in [1.165, 1.54) is 43.4 Å². The second kappa shape index (κ2) is 9.48. The number of hydrogen-bond acceptors (Lipinski definition) is 4. The van der Waals surface area contributed by atoms with E-state index in [1.807, 2.05) is 20.9 Å². The predicted octanol–water partition coefficient (Wildman–Crippen LogP) is 3.78. The highest BCUT2D eigenvalue weighted by molar-refractivity contribution is 14.0. The van der Waals surface area contributed by atoms with Crippen LogP contribution in [0.2, 0.25) is 0 Å². The van der Waals surface area contributed by atoms with Crippen molar-refractivity contribution in [3.8, 4) is 0 Å². The first-order chi connectivity index (χ1) is 11.6. The largest absolute Gasteiger partial charge is 0.361 e. The maximum absolute atomic E-state index is 5.25. The van der Waals surface area contributed by atoms with Crippen molar-refractivity contribution in [1.82, 2.24) is 15.4 Å². The van der Waals surface area contributed by atoms with Gasteiger partial charge in [-0.1, -0.05) is 24.4 Å². The average molecular weight is 478 g/mol. The Bertz CT molecular complexity index is 559. The number of nitrogens with zero attached hydrogens (tertiary/aromatic N) is 3. The summed E-state index contributed by atoms with van der Waals surface area (Å²) in [6.45, 7) is 7.10. The highest BCUT2D eigenvalue weighted by Crippen LogP contribution is 2.42. The number of halogens is 1. The van der Waals surface area contributed by atoms with Gasteiger partial charge in [0.25, 0.3) is 0 Å². The molecule has 1 N–H and O–H groups in total. The van der Waals surface area contributed by atoms with Crippen LogP contribution in [0.25, 0.3) is 0 Å². The van der Waals surface area contributed by atoms with Gasteiger partial charge in [0.05, 0.1) is 5.69 Å². The van der Waals surface area contributed by atoms with Crippen molar-refractivity contribution >= 4 is 41.7 Å². The zero-order valence-electron chi connectivity index (χ0n) is 15.6. The molecule has 1 saturated heterocycles. The molecule has 2 aliphatic rings. The molecule has 2 heterocycles. The molecule has 3 rings (SSSR count). The molecule has 142 valence electrons. The van der Waals surface area contributed by atoms with Crippen LogP contribution in [0.5, 0.6) is 0 Å². The summed E-state index contributed by atoms with van der Waals surface area (Å²) in [7, 11) is 1.90. The van der Waals surface area contributed by atoms with Gasteiger partial charge in [0, 0.05) is 42.7 Å². The first kappa shape index (κ1) is 20.9. The number of aliphatic imine (C=N–C) groups is 1. The summed E-state index contributed by atoms with van der Waals surface area (Å²) in [5.74, 6) is 3.19. The van der Waals surface area contributed by atoms with Gasteiger partial charge in [0.1, 0.15) is 5.76 Å². The lowest BCUT2D eigenvalue weighted by molar-refractivity contribution is 0.293. The normalized spacial score (nSPS) is 20.4.